The van der Waals surface area contributed by atoms with Crippen LogP contribution in [0.3, 0.4) is 0 Å². The molecular weight excluding hydrogens is 236 g/mol. The van der Waals surface area contributed by atoms with Crippen LogP contribution in [0.15, 0.2) is 0 Å². The summed E-state index contributed by atoms with van der Waals surface area (Å²) in [4.78, 5) is 0. The summed E-state index contributed by atoms with van der Waals surface area (Å²) in [7, 11) is 0. The van der Waals surface area contributed by atoms with Crippen LogP contribution in [0.25, 0.3) is 0 Å². The Kier molecular flexibility index (Phi) is 7.18. The van der Waals surface area contributed by atoms with Gasteiger partial charge < -0.3 is 15.4 Å². The van der Waals surface area contributed by atoms with E-state index in [1.807, 2.05) is 0 Å². The summed E-state index contributed by atoms with van der Waals surface area (Å²) in [6.45, 7) is 6.56. The zero-order chi connectivity index (χ0) is 13.3. The lowest BCUT2D eigenvalue weighted by Crippen LogP contribution is -2.37. The first-order valence-electron chi connectivity index (χ1n) is 8.39. The lowest BCUT2D eigenvalue weighted by atomic mass is 10.0. The number of hydrogen-bond acceptors (Lipinski definition) is 3. The molecule has 2 N–H and O–H groups in total. The molecule has 0 amide bonds. The summed E-state index contributed by atoms with van der Waals surface area (Å²) in [5.41, 5.74) is 0. The van der Waals surface area contributed by atoms with Crippen LogP contribution in [0, 0.1) is 5.92 Å². The molecule has 1 aliphatic carbocycles. The highest BCUT2D eigenvalue weighted by molar-refractivity contribution is 4.76. The van der Waals surface area contributed by atoms with Gasteiger partial charge in [0.25, 0.3) is 0 Å². The normalized spacial score (nSPS) is 26.1. The van der Waals surface area contributed by atoms with Crippen LogP contribution in [0.4, 0.5) is 0 Å². The highest BCUT2D eigenvalue weighted by Crippen LogP contribution is 2.28. The van der Waals surface area contributed by atoms with Crippen molar-refractivity contribution in [2.75, 3.05) is 26.3 Å². The van der Waals surface area contributed by atoms with Gasteiger partial charge in [-0.05, 0) is 64.5 Å². The molecule has 0 radical (unpaired) electrons. The quantitative estimate of drug-likeness (QED) is 0.631. The minimum absolute atomic E-state index is 0.624. The predicted molar refractivity (Wildman–Crippen MR) is 80.5 cm³/mol. The summed E-state index contributed by atoms with van der Waals surface area (Å²) in [5.74, 6) is 0.896. The average molecular weight is 268 g/mol. The van der Waals surface area contributed by atoms with Gasteiger partial charge in [-0.25, -0.2) is 0 Å². The fourth-order valence-corrected chi connectivity index (χ4v) is 2.87. The van der Waals surface area contributed by atoms with Crippen molar-refractivity contribution in [2.45, 2.75) is 70.4 Å². The molecule has 3 heteroatoms. The van der Waals surface area contributed by atoms with E-state index in [0.29, 0.717) is 6.04 Å². The third-order valence-corrected chi connectivity index (χ3v) is 4.31. The summed E-state index contributed by atoms with van der Waals surface area (Å²) in [5, 5.41) is 7.31. The van der Waals surface area contributed by atoms with Crippen molar-refractivity contribution in [1.82, 2.24) is 10.6 Å². The molecule has 2 unspecified atom stereocenters. The van der Waals surface area contributed by atoms with E-state index in [-0.39, 0.29) is 0 Å². The Hall–Kier alpha value is -0.120. The monoisotopic (exact) mass is 268 g/mol. The lowest BCUT2D eigenvalue weighted by molar-refractivity contribution is 0.121. The maximum absolute atomic E-state index is 5.65. The molecule has 1 heterocycles. The van der Waals surface area contributed by atoms with Crippen molar-refractivity contribution in [3.8, 4) is 0 Å². The molecule has 2 atom stereocenters. The van der Waals surface area contributed by atoms with Gasteiger partial charge in [0.2, 0.25) is 0 Å². The second-order valence-electron chi connectivity index (χ2n) is 6.46. The molecule has 0 spiro atoms. The van der Waals surface area contributed by atoms with Crippen LogP contribution in [0.2, 0.25) is 0 Å². The van der Waals surface area contributed by atoms with E-state index in [1.54, 1.807) is 0 Å². The van der Waals surface area contributed by atoms with Gasteiger partial charge >= 0.3 is 0 Å². The van der Waals surface area contributed by atoms with Crippen molar-refractivity contribution >= 4 is 0 Å². The van der Waals surface area contributed by atoms with Crippen LogP contribution in [0.1, 0.15) is 58.3 Å². The number of nitrogens with one attached hydrogen (secondary N) is 2. The van der Waals surface area contributed by atoms with Gasteiger partial charge in [-0.2, -0.15) is 0 Å². The van der Waals surface area contributed by atoms with Crippen molar-refractivity contribution in [2.24, 2.45) is 5.92 Å². The van der Waals surface area contributed by atoms with Gasteiger partial charge in [0.1, 0.15) is 0 Å². The summed E-state index contributed by atoms with van der Waals surface area (Å²) >= 11 is 0. The molecule has 2 aliphatic rings. The van der Waals surface area contributed by atoms with Crippen LogP contribution < -0.4 is 10.6 Å². The van der Waals surface area contributed by atoms with E-state index in [1.165, 1.54) is 51.5 Å². The van der Waals surface area contributed by atoms with Gasteiger partial charge in [-0.1, -0.05) is 12.8 Å². The largest absolute Gasteiger partial charge is 0.381 e. The topological polar surface area (TPSA) is 33.3 Å². The van der Waals surface area contributed by atoms with E-state index < -0.39 is 0 Å². The summed E-state index contributed by atoms with van der Waals surface area (Å²) < 4.78 is 5.65. The molecule has 0 aromatic rings. The van der Waals surface area contributed by atoms with Gasteiger partial charge in [-0.15, -0.1) is 0 Å². The molecule has 0 aromatic heterocycles. The summed E-state index contributed by atoms with van der Waals surface area (Å²) in [6.07, 6.45) is 10.7. The SMILES string of the molecule is CC(CC1CCCCCN1)NCCCOCC1CC1. The van der Waals surface area contributed by atoms with Crippen LogP contribution in [-0.4, -0.2) is 38.4 Å². The third-order valence-electron chi connectivity index (χ3n) is 4.31. The molecule has 0 aromatic carbocycles. The third kappa shape index (κ3) is 7.28. The number of ether oxygens (including phenoxy) is 1. The smallest absolute Gasteiger partial charge is 0.0494 e. The second-order valence-corrected chi connectivity index (χ2v) is 6.46. The zero-order valence-electron chi connectivity index (χ0n) is 12.6. The van der Waals surface area contributed by atoms with Gasteiger partial charge in [0.15, 0.2) is 0 Å². The molecule has 2 rings (SSSR count). The fourth-order valence-electron chi connectivity index (χ4n) is 2.87. The number of hydrogen-bond donors (Lipinski definition) is 2. The predicted octanol–water partition coefficient (Wildman–Crippen LogP) is 2.70. The van der Waals surface area contributed by atoms with E-state index in [2.05, 4.69) is 17.6 Å². The molecular formula is C16H32N2O. The Labute approximate surface area is 118 Å². The fraction of sp³-hybridized carbons (Fsp3) is 1.00. The van der Waals surface area contributed by atoms with E-state index in [9.17, 15) is 0 Å². The molecule has 112 valence electrons. The standard InChI is InChI=1S/C16H32N2O/c1-14(12-16-6-3-2-4-9-18-16)17-10-5-11-19-13-15-7-8-15/h14-18H,2-13H2,1H3. The minimum atomic E-state index is 0.624. The van der Waals surface area contributed by atoms with Crippen molar-refractivity contribution in [1.29, 1.82) is 0 Å². The molecule has 1 saturated carbocycles. The van der Waals surface area contributed by atoms with E-state index >= 15 is 0 Å². The first-order chi connectivity index (χ1) is 9.34. The molecule has 1 aliphatic heterocycles. The zero-order valence-corrected chi connectivity index (χ0v) is 12.6. The average Bonchev–Trinajstić information content (AvgIpc) is 3.21. The maximum Gasteiger partial charge on any atom is 0.0494 e. The van der Waals surface area contributed by atoms with E-state index in [4.69, 9.17) is 4.74 Å². The number of rotatable bonds is 9. The maximum atomic E-state index is 5.65. The molecule has 1 saturated heterocycles. The second kappa shape index (κ2) is 8.93. The van der Waals surface area contributed by atoms with Gasteiger partial charge in [-0.3, -0.25) is 0 Å². The molecule has 0 bridgehead atoms. The van der Waals surface area contributed by atoms with Gasteiger partial charge in [0.05, 0.1) is 0 Å². The molecule has 2 fully saturated rings. The Balaban J connectivity index is 1.42. The Morgan fingerprint density at radius 1 is 1.21 bits per heavy atom. The lowest BCUT2D eigenvalue weighted by Gasteiger charge is -2.21. The Morgan fingerprint density at radius 2 is 2.11 bits per heavy atom. The molecule has 3 nitrogen and oxygen atoms in total. The summed E-state index contributed by atoms with van der Waals surface area (Å²) in [6, 6.07) is 1.36. The minimum Gasteiger partial charge on any atom is -0.381 e. The van der Waals surface area contributed by atoms with Crippen LogP contribution in [-0.2, 0) is 4.74 Å². The first kappa shape index (κ1) is 15.3. The van der Waals surface area contributed by atoms with E-state index in [0.717, 1.165) is 38.1 Å². The van der Waals surface area contributed by atoms with Crippen molar-refractivity contribution < 1.29 is 4.74 Å². The van der Waals surface area contributed by atoms with Crippen molar-refractivity contribution in [3.05, 3.63) is 0 Å². The Morgan fingerprint density at radius 3 is 2.95 bits per heavy atom. The van der Waals surface area contributed by atoms with Gasteiger partial charge in [0, 0.05) is 25.3 Å². The first-order valence-corrected chi connectivity index (χ1v) is 8.39. The van der Waals surface area contributed by atoms with Crippen LogP contribution in [0.5, 0.6) is 0 Å². The Bertz CT molecular complexity index is 223. The highest BCUT2D eigenvalue weighted by Gasteiger charge is 2.20. The van der Waals surface area contributed by atoms with Crippen molar-refractivity contribution in [3.63, 3.8) is 0 Å². The van der Waals surface area contributed by atoms with Crippen LogP contribution >= 0.6 is 0 Å². The molecule has 19 heavy (non-hydrogen) atoms. The highest BCUT2D eigenvalue weighted by atomic mass is 16.5.